The van der Waals surface area contributed by atoms with Gasteiger partial charge in [-0.15, -0.1) is 0 Å². The standard InChI is InChI=1S/C18H32N2/c1-7-18(6,20(8-2)9-3)17(19)13-16-12-14(4)10-11-15(16)5/h10-12,17H,7-9,13,19H2,1-6H3. The number of hydrogen-bond acceptors (Lipinski definition) is 2. The number of nitrogens with two attached hydrogens (primary N) is 1. The van der Waals surface area contributed by atoms with Gasteiger partial charge in [0.1, 0.15) is 0 Å². The lowest BCUT2D eigenvalue weighted by molar-refractivity contribution is 0.0844. The number of aryl methyl sites for hydroxylation is 2. The van der Waals surface area contributed by atoms with E-state index in [9.17, 15) is 0 Å². The zero-order chi connectivity index (χ0) is 15.3. The fraction of sp³-hybridized carbons (Fsp3) is 0.667. The molecule has 0 saturated carbocycles. The Labute approximate surface area is 125 Å². The molecule has 0 heterocycles. The molecule has 1 rings (SSSR count). The lowest BCUT2D eigenvalue weighted by Gasteiger charge is -2.44. The number of likely N-dealkylation sites (N-methyl/N-ethyl adjacent to an activating group) is 1. The predicted molar refractivity (Wildman–Crippen MR) is 89.2 cm³/mol. The van der Waals surface area contributed by atoms with E-state index in [0.717, 1.165) is 25.9 Å². The van der Waals surface area contributed by atoms with Crippen molar-refractivity contribution in [1.29, 1.82) is 0 Å². The van der Waals surface area contributed by atoms with Crippen LogP contribution in [0.1, 0.15) is 50.8 Å². The Hall–Kier alpha value is -0.860. The summed E-state index contributed by atoms with van der Waals surface area (Å²) in [5.41, 5.74) is 10.8. The van der Waals surface area contributed by atoms with Crippen LogP contribution in [0.15, 0.2) is 18.2 Å². The van der Waals surface area contributed by atoms with E-state index in [0.29, 0.717) is 0 Å². The summed E-state index contributed by atoms with van der Waals surface area (Å²) in [6.45, 7) is 15.5. The third kappa shape index (κ3) is 3.62. The Morgan fingerprint density at radius 2 is 1.75 bits per heavy atom. The minimum Gasteiger partial charge on any atom is -0.326 e. The number of rotatable bonds is 7. The Kier molecular flexibility index (Phi) is 6.22. The van der Waals surface area contributed by atoms with Gasteiger partial charge in [-0.1, -0.05) is 44.5 Å². The Morgan fingerprint density at radius 1 is 1.15 bits per heavy atom. The molecule has 114 valence electrons. The van der Waals surface area contributed by atoms with Crippen molar-refractivity contribution in [3.05, 3.63) is 34.9 Å². The van der Waals surface area contributed by atoms with Crippen molar-refractivity contribution in [2.45, 2.75) is 66.0 Å². The summed E-state index contributed by atoms with van der Waals surface area (Å²) in [4.78, 5) is 2.50. The molecule has 2 N–H and O–H groups in total. The molecule has 0 aliphatic heterocycles. The van der Waals surface area contributed by atoms with Gasteiger partial charge in [0.2, 0.25) is 0 Å². The second kappa shape index (κ2) is 7.24. The highest BCUT2D eigenvalue weighted by Crippen LogP contribution is 2.25. The summed E-state index contributed by atoms with van der Waals surface area (Å²) < 4.78 is 0. The molecule has 20 heavy (non-hydrogen) atoms. The molecule has 2 atom stereocenters. The largest absolute Gasteiger partial charge is 0.326 e. The summed E-state index contributed by atoms with van der Waals surface area (Å²) in [7, 11) is 0. The second-order valence-corrected chi connectivity index (χ2v) is 6.12. The quantitative estimate of drug-likeness (QED) is 0.823. The van der Waals surface area contributed by atoms with Gasteiger partial charge in [-0.3, -0.25) is 4.90 Å². The normalized spacial score (nSPS) is 16.2. The van der Waals surface area contributed by atoms with Crippen LogP contribution in [0.25, 0.3) is 0 Å². The van der Waals surface area contributed by atoms with Crippen molar-refractivity contribution in [1.82, 2.24) is 4.90 Å². The van der Waals surface area contributed by atoms with Crippen LogP contribution in [-0.4, -0.2) is 29.6 Å². The van der Waals surface area contributed by atoms with Gasteiger partial charge >= 0.3 is 0 Å². The Bertz CT molecular complexity index is 423. The molecule has 0 aromatic heterocycles. The van der Waals surface area contributed by atoms with E-state index < -0.39 is 0 Å². The first kappa shape index (κ1) is 17.2. The fourth-order valence-electron chi connectivity index (χ4n) is 3.14. The first-order valence-electron chi connectivity index (χ1n) is 7.95. The average molecular weight is 276 g/mol. The molecule has 2 heteroatoms. The molecule has 0 spiro atoms. The molecular formula is C18H32N2. The molecule has 2 nitrogen and oxygen atoms in total. The molecule has 0 saturated heterocycles. The molecule has 0 amide bonds. The van der Waals surface area contributed by atoms with Crippen molar-refractivity contribution in [3.63, 3.8) is 0 Å². The van der Waals surface area contributed by atoms with Gasteiger partial charge in [-0.05, 0) is 57.8 Å². The monoisotopic (exact) mass is 276 g/mol. The van der Waals surface area contributed by atoms with Crippen LogP contribution in [0.2, 0.25) is 0 Å². The summed E-state index contributed by atoms with van der Waals surface area (Å²) in [6.07, 6.45) is 2.04. The zero-order valence-corrected chi connectivity index (χ0v) is 14.2. The molecule has 2 unspecified atom stereocenters. The second-order valence-electron chi connectivity index (χ2n) is 6.12. The smallest absolute Gasteiger partial charge is 0.0332 e. The average Bonchev–Trinajstić information content (AvgIpc) is 2.43. The van der Waals surface area contributed by atoms with E-state index in [1.165, 1.54) is 16.7 Å². The van der Waals surface area contributed by atoms with Gasteiger partial charge in [0.25, 0.3) is 0 Å². The van der Waals surface area contributed by atoms with Gasteiger partial charge in [-0.2, -0.15) is 0 Å². The topological polar surface area (TPSA) is 29.3 Å². The van der Waals surface area contributed by atoms with Crippen LogP contribution in [-0.2, 0) is 6.42 Å². The van der Waals surface area contributed by atoms with Crippen LogP contribution < -0.4 is 5.73 Å². The van der Waals surface area contributed by atoms with Gasteiger partial charge in [0, 0.05) is 11.6 Å². The first-order valence-corrected chi connectivity index (χ1v) is 7.95. The Balaban J connectivity index is 2.97. The Morgan fingerprint density at radius 3 is 2.25 bits per heavy atom. The van der Waals surface area contributed by atoms with E-state index >= 15 is 0 Å². The van der Waals surface area contributed by atoms with Gasteiger partial charge in [0.15, 0.2) is 0 Å². The SMILES string of the molecule is CCN(CC)C(C)(CC)C(N)Cc1cc(C)ccc1C. The third-order valence-electron chi connectivity index (χ3n) is 4.94. The van der Waals surface area contributed by atoms with E-state index in [-0.39, 0.29) is 11.6 Å². The lowest BCUT2D eigenvalue weighted by Crippen LogP contribution is -2.58. The number of benzene rings is 1. The van der Waals surface area contributed by atoms with Crippen LogP contribution in [0.3, 0.4) is 0 Å². The van der Waals surface area contributed by atoms with Crippen molar-refractivity contribution >= 4 is 0 Å². The minimum absolute atomic E-state index is 0.0691. The fourth-order valence-corrected chi connectivity index (χ4v) is 3.14. The lowest BCUT2D eigenvalue weighted by atomic mass is 9.83. The van der Waals surface area contributed by atoms with E-state index in [4.69, 9.17) is 5.73 Å². The van der Waals surface area contributed by atoms with Crippen LogP contribution in [0, 0.1) is 13.8 Å². The summed E-state index contributed by atoms with van der Waals surface area (Å²) in [6, 6.07) is 6.83. The van der Waals surface area contributed by atoms with E-state index in [1.54, 1.807) is 0 Å². The van der Waals surface area contributed by atoms with Crippen LogP contribution in [0.4, 0.5) is 0 Å². The highest BCUT2D eigenvalue weighted by atomic mass is 15.2. The van der Waals surface area contributed by atoms with Crippen molar-refractivity contribution in [2.75, 3.05) is 13.1 Å². The summed E-state index contributed by atoms with van der Waals surface area (Å²) in [5.74, 6) is 0. The molecule has 0 radical (unpaired) electrons. The molecule has 1 aromatic rings. The molecule has 1 aromatic carbocycles. The molecule has 0 aliphatic rings. The maximum Gasteiger partial charge on any atom is 0.0332 e. The molecular weight excluding hydrogens is 244 g/mol. The van der Waals surface area contributed by atoms with Crippen molar-refractivity contribution in [2.24, 2.45) is 5.73 Å². The first-order chi connectivity index (χ1) is 9.38. The van der Waals surface area contributed by atoms with E-state index in [1.807, 2.05) is 0 Å². The van der Waals surface area contributed by atoms with E-state index in [2.05, 4.69) is 64.6 Å². The van der Waals surface area contributed by atoms with Gasteiger partial charge in [-0.25, -0.2) is 0 Å². The van der Waals surface area contributed by atoms with Gasteiger partial charge < -0.3 is 5.73 Å². The zero-order valence-electron chi connectivity index (χ0n) is 14.2. The van der Waals surface area contributed by atoms with Gasteiger partial charge in [0.05, 0.1) is 0 Å². The molecule has 0 fully saturated rings. The van der Waals surface area contributed by atoms with Crippen molar-refractivity contribution in [3.8, 4) is 0 Å². The molecule has 0 bridgehead atoms. The minimum atomic E-state index is 0.0691. The van der Waals surface area contributed by atoms with Crippen molar-refractivity contribution < 1.29 is 0 Å². The number of nitrogens with zero attached hydrogens (tertiary/aromatic N) is 1. The summed E-state index contributed by atoms with van der Waals surface area (Å²) >= 11 is 0. The maximum absolute atomic E-state index is 6.62. The highest BCUT2D eigenvalue weighted by Gasteiger charge is 2.34. The number of hydrogen-bond donors (Lipinski definition) is 1. The third-order valence-corrected chi connectivity index (χ3v) is 4.94. The summed E-state index contributed by atoms with van der Waals surface area (Å²) in [5, 5.41) is 0. The van der Waals surface area contributed by atoms with Crippen LogP contribution >= 0.6 is 0 Å². The molecule has 0 aliphatic carbocycles. The maximum atomic E-state index is 6.62. The predicted octanol–water partition coefficient (Wildman–Crippen LogP) is 3.68. The highest BCUT2D eigenvalue weighted by molar-refractivity contribution is 5.31. The van der Waals surface area contributed by atoms with Crippen LogP contribution in [0.5, 0.6) is 0 Å².